The van der Waals surface area contributed by atoms with Gasteiger partial charge < -0.3 is 28.8 Å². The molecule has 11 heteroatoms. The first kappa shape index (κ1) is 31.4. The number of methoxy groups -OCH3 is 2. The minimum Gasteiger partial charge on any atom is -0.497 e. The molecule has 2 fully saturated rings. The number of hydrogen-bond donors (Lipinski definition) is 1. The van der Waals surface area contributed by atoms with Gasteiger partial charge in [0.2, 0.25) is 10.0 Å². The summed E-state index contributed by atoms with van der Waals surface area (Å²) >= 11 is 0. The SMILES string of the molecule is COc1ccc(S(=O)(=O)N(CC(C)C)C[C@@H](O)[C@@H](CC(=O)O[C@H]2CO[C@H]3OC[C@H](OC)[C@H]32)Cc2ccccc2)cc1. The summed E-state index contributed by atoms with van der Waals surface area (Å²) in [6.07, 6.45) is -2.10. The van der Waals surface area contributed by atoms with Gasteiger partial charge in [0.1, 0.15) is 11.9 Å². The molecule has 41 heavy (non-hydrogen) atoms. The van der Waals surface area contributed by atoms with Crippen LogP contribution in [0.25, 0.3) is 0 Å². The largest absolute Gasteiger partial charge is 0.497 e. The lowest BCUT2D eigenvalue weighted by molar-refractivity contribution is -0.154. The van der Waals surface area contributed by atoms with Gasteiger partial charge in [0.15, 0.2) is 6.29 Å². The summed E-state index contributed by atoms with van der Waals surface area (Å²) in [4.78, 5) is 13.3. The minimum atomic E-state index is -3.93. The minimum absolute atomic E-state index is 0.00503. The fourth-order valence-corrected chi connectivity index (χ4v) is 7.05. The molecule has 2 aromatic rings. The van der Waals surface area contributed by atoms with E-state index in [0.29, 0.717) is 18.8 Å². The molecule has 2 saturated heterocycles. The molecule has 2 heterocycles. The standard InChI is InChI=1S/C30H41NO9S/c1-20(2)16-31(41(34,35)24-12-10-23(36-3)11-13-24)17-25(32)22(14-21-8-6-5-7-9-21)15-28(33)40-27-19-39-30-29(27)26(37-4)18-38-30/h5-13,20,22,25-27,29-30,32H,14-19H2,1-4H3/t22-,25-,26+,27+,29+,30-/m1/s1. The third-order valence-corrected chi connectivity index (χ3v) is 9.42. The molecule has 10 nitrogen and oxygen atoms in total. The molecular weight excluding hydrogens is 550 g/mol. The van der Waals surface area contributed by atoms with Crippen molar-refractivity contribution >= 4 is 16.0 Å². The van der Waals surface area contributed by atoms with E-state index >= 15 is 0 Å². The lowest BCUT2D eigenvalue weighted by atomic mass is 9.90. The van der Waals surface area contributed by atoms with Crippen molar-refractivity contribution < 1.29 is 42.0 Å². The van der Waals surface area contributed by atoms with Crippen LogP contribution < -0.4 is 4.74 Å². The van der Waals surface area contributed by atoms with E-state index in [2.05, 4.69) is 0 Å². The van der Waals surface area contributed by atoms with E-state index in [4.69, 9.17) is 23.7 Å². The molecule has 226 valence electrons. The highest BCUT2D eigenvalue weighted by atomic mass is 32.2. The van der Waals surface area contributed by atoms with Crippen LogP contribution in [0, 0.1) is 17.8 Å². The summed E-state index contributed by atoms with van der Waals surface area (Å²) in [6.45, 7) is 4.43. The number of nitrogens with zero attached hydrogens (tertiary/aromatic N) is 1. The molecule has 0 spiro atoms. The van der Waals surface area contributed by atoms with Crippen molar-refractivity contribution in [3.8, 4) is 5.75 Å². The van der Waals surface area contributed by atoms with Crippen molar-refractivity contribution in [1.82, 2.24) is 4.31 Å². The van der Waals surface area contributed by atoms with Crippen LogP contribution >= 0.6 is 0 Å². The predicted molar refractivity (Wildman–Crippen MR) is 151 cm³/mol. The van der Waals surface area contributed by atoms with Crippen molar-refractivity contribution in [2.75, 3.05) is 40.5 Å². The molecule has 0 unspecified atom stereocenters. The zero-order valence-corrected chi connectivity index (χ0v) is 24.9. The van der Waals surface area contributed by atoms with Gasteiger partial charge in [-0.05, 0) is 42.2 Å². The van der Waals surface area contributed by atoms with Gasteiger partial charge in [0.05, 0.1) is 49.8 Å². The van der Waals surface area contributed by atoms with Gasteiger partial charge in [0, 0.05) is 26.1 Å². The lowest BCUT2D eigenvalue weighted by Gasteiger charge is -2.30. The fourth-order valence-electron chi connectivity index (χ4n) is 5.42. The highest BCUT2D eigenvalue weighted by Gasteiger charge is 2.50. The maximum Gasteiger partial charge on any atom is 0.306 e. The van der Waals surface area contributed by atoms with E-state index in [1.165, 1.54) is 23.5 Å². The molecule has 0 amide bonds. The Hall–Kier alpha value is -2.54. The molecule has 0 aliphatic carbocycles. The zero-order chi connectivity index (χ0) is 29.6. The van der Waals surface area contributed by atoms with Crippen molar-refractivity contribution in [3.05, 3.63) is 60.2 Å². The van der Waals surface area contributed by atoms with Crippen LogP contribution in [-0.4, -0.2) is 88.9 Å². The summed E-state index contributed by atoms with van der Waals surface area (Å²) in [5.74, 6) is -0.764. The Morgan fingerprint density at radius 1 is 1.00 bits per heavy atom. The number of fused-ring (bicyclic) bond motifs is 1. The van der Waals surface area contributed by atoms with E-state index in [0.717, 1.165) is 5.56 Å². The van der Waals surface area contributed by atoms with Crippen LogP contribution in [0.2, 0.25) is 0 Å². The van der Waals surface area contributed by atoms with E-state index < -0.39 is 40.4 Å². The number of aliphatic hydroxyl groups is 1. The van der Waals surface area contributed by atoms with Crippen LogP contribution in [0.15, 0.2) is 59.5 Å². The van der Waals surface area contributed by atoms with Crippen molar-refractivity contribution in [3.63, 3.8) is 0 Å². The first-order chi connectivity index (χ1) is 19.6. The third-order valence-electron chi connectivity index (χ3n) is 7.58. The van der Waals surface area contributed by atoms with Gasteiger partial charge in [0.25, 0.3) is 0 Å². The van der Waals surface area contributed by atoms with Gasteiger partial charge in [-0.1, -0.05) is 44.2 Å². The van der Waals surface area contributed by atoms with Crippen molar-refractivity contribution in [1.29, 1.82) is 0 Å². The van der Waals surface area contributed by atoms with Crippen LogP contribution in [0.5, 0.6) is 5.75 Å². The number of rotatable bonds is 14. The van der Waals surface area contributed by atoms with Gasteiger partial charge in [-0.15, -0.1) is 0 Å². The Kier molecular flexibility index (Phi) is 10.8. The normalized spacial score (nSPS) is 23.9. The molecule has 2 aromatic carbocycles. The Labute approximate surface area is 242 Å². The molecular formula is C30H41NO9S. The quantitative estimate of drug-likeness (QED) is 0.331. The fraction of sp³-hybridized carbons (Fsp3) is 0.567. The summed E-state index contributed by atoms with van der Waals surface area (Å²) in [5.41, 5.74) is 0.922. The second-order valence-corrected chi connectivity index (χ2v) is 13.0. The van der Waals surface area contributed by atoms with Gasteiger partial charge in [-0.25, -0.2) is 8.42 Å². The molecule has 0 bridgehead atoms. The van der Waals surface area contributed by atoms with Gasteiger partial charge >= 0.3 is 5.97 Å². The molecule has 2 aliphatic rings. The predicted octanol–water partition coefficient (Wildman–Crippen LogP) is 2.88. The summed E-state index contributed by atoms with van der Waals surface area (Å²) in [6, 6.07) is 15.7. The summed E-state index contributed by atoms with van der Waals surface area (Å²) < 4.78 is 56.3. The lowest BCUT2D eigenvalue weighted by Crippen LogP contribution is -2.43. The van der Waals surface area contributed by atoms with Crippen LogP contribution in [0.4, 0.5) is 0 Å². The van der Waals surface area contributed by atoms with E-state index in [1.807, 2.05) is 44.2 Å². The number of benzene rings is 2. The highest BCUT2D eigenvalue weighted by molar-refractivity contribution is 7.89. The van der Waals surface area contributed by atoms with Crippen LogP contribution in [0.1, 0.15) is 25.8 Å². The Morgan fingerprint density at radius 3 is 2.27 bits per heavy atom. The summed E-state index contributed by atoms with van der Waals surface area (Å²) in [7, 11) is -0.833. The summed E-state index contributed by atoms with van der Waals surface area (Å²) in [5, 5.41) is 11.5. The van der Waals surface area contributed by atoms with E-state index in [-0.39, 0.29) is 49.0 Å². The Bertz CT molecular complexity index is 1220. The van der Waals surface area contributed by atoms with Crippen LogP contribution in [-0.2, 0) is 40.2 Å². The molecule has 1 N–H and O–H groups in total. The van der Waals surface area contributed by atoms with E-state index in [1.54, 1.807) is 19.2 Å². The molecule has 0 radical (unpaired) electrons. The first-order valence-electron chi connectivity index (χ1n) is 13.9. The number of hydrogen-bond acceptors (Lipinski definition) is 9. The second kappa shape index (κ2) is 14.1. The second-order valence-electron chi connectivity index (χ2n) is 11.0. The van der Waals surface area contributed by atoms with Gasteiger partial charge in [-0.2, -0.15) is 4.31 Å². The van der Waals surface area contributed by atoms with E-state index in [9.17, 15) is 18.3 Å². The average Bonchev–Trinajstić information content (AvgIpc) is 3.55. The number of aliphatic hydroxyl groups excluding tert-OH is 1. The van der Waals surface area contributed by atoms with Crippen LogP contribution in [0.3, 0.4) is 0 Å². The smallest absolute Gasteiger partial charge is 0.306 e. The zero-order valence-electron chi connectivity index (χ0n) is 24.0. The topological polar surface area (TPSA) is 121 Å². The van der Waals surface area contributed by atoms with Crippen molar-refractivity contribution in [2.24, 2.45) is 17.8 Å². The van der Waals surface area contributed by atoms with Crippen molar-refractivity contribution in [2.45, 2.75) is 56.2 Å². The number of carbonyl (C=O) groups excluding carboxylic acids is 1. The number of carbonyl (C=O) groups is 1. The molecule has 0 aromatic heterocycles. The maximum atomic E-state index is 13.6. The maximum absolute atomic E-state index is 13.6. The Morgan fingerprint density at radius 2 is 1.66 bits per heavy atom. The monoisotopic (exact) mass is 591 g/mol. The third kappa shape index (κ3) is 7.85. The molecule has 6 atom stereocenters. The molecule has 4 rings (SSSR count). The highest BCUT2D eigenvalue weighted by Crippen LogP contribution is 2.35. The molecule has 2 aliphatic heterocycles. The Balaban J connectivity index is 1.51. The number of ether oxygens (including phenoxy) is 5. The number of esters is 1. The average molecular weight is 592 g/mol. The first-order valence-corrected chi connectivity index (χ1v) is 15.4. The van der Waals surface area contributed by atoms with Gasteiger partial charge in [-0.3, -0.25) is 4.79 Å². The number of sulfonamides is 1. The molecule has 0 saturated carbocycles.